The van der Waals surface area contributed by atoms with Crippen LogP contribution in [0.4, 0.5) is 5.69 Å². The Morgan fingerprint density at radius 1 is 1.33 bits per heavy atom. The van der Waals surface area contributed by atoms with Crippen LogP contribution < -0.4 is 10.5 Å². The zero-order valence-corrected chi connectivity index (χ0v) is 9.68. The maximum atomic E-state index is 5.97. The second-order valence-electron chi connectivity index (χ2n) is 4.16. The molecule has 1 aromatic rings. The number of rotatable bonds is 2. The summed E-state index contributed by atoms with van der Waals surface area (Å²) in [5, 5.41) is 0.577. The molecular formula is C12H16ClNO. The molecule has 2 rings (SSSR count). The van der Waals surface area contributed by atoms with Gasteiger partial charge in [0.25, 0.3) is 0 Å². The highest BCUT2D eigenvalue weighted by molar-refractivity contribution is 6.33. The summed E-state index contributed by atoms with van der Waals surface area (Å²) in [5.41, 5.74) is 7.39. The highest BCUT2D eigenvalue weighted by Gasteiger charge is 2.17. The van der Waals surface area contributed by atoms with Crippen molar-refractivity contribution in [3.63, 3.8) is 0 Å². The van der Waals surface area contributed by atoms with Gasteiger partial charge in [0.15, 0.2) is 0 Å². The number of hydrogen-bond donors (Lipinski definition) is 1. The molecule has 3 heteroatoms. The first-order valence-corrected chi connectivity index (χ1v) is 5.77. The van der Waals surface area contributed by atoms with E-state index in [-0.39, 0.29) is 0 Å². The van der Waals surface area contributed by atoms with Gasteiger partial charge in [-0.2, -0.15) is 0 Å². The van der Waals surface area contributed by atoms with Gasteiger partial charge < -0.3 is 10.5 Å². The van der Waals surface area contributed by atoms with E-state index in [4.69, 9.17) is 22.1 Å². The van der Waals surface area contributed by atoms with Crippen molar-refractivity contribution in [1.29, 1.82) is 0 Å². The molecule has 0 amide bonds. The first-order chi connectivity index (χ1) is 7.16. The average molecular weight is 226 g/mol. The van der Waals surface area contributed by atoms with Crippen molar-refractivity contribution in [3.8, 4) is 5.75 Å². The molecule has 82 valence electrons. The molecule has 0 spiro atoms. The molecule has 2 nitrogen and oxygen atoms in total. The Hall–Kier alpha value is -0.890. The lowest BCUT2D eigenvalue weighted by molar-refractivity contribution is 0.208. The van der Waals surface area contributed by atoms with E-state index < -0.39 is 0 Å². The van der Waals surface area contributed by atoms with Crippen molar-refractivity contribution in [2.45, 2.75) is 38.7 Å². The van der Waals surface area contributed by atoms with Crippen molar-refractivity contribution >= 4 is 17.3 Å². The number of aryl methyl sites for hydroxylation is 1. The molecule has 1 fully saturated rings. The summed E-state index contributed by atoms with van der Waals surface area (Å²) in [6.07, 6.45) is 5.21. The van der Waals surface area contributed by atoms with Crippen LogP contribution >= 0.6 is 11.6 Å². The number of nitrogen functional groups attached to an aromatic ring is 1. The number of benzene rings is 1. The number of nitrogens with two attached hydrogens (primary N) is 1. The van der Waals surface area contributed by atoms with E-state index in [0.29, 0.717) is 16.8 Å². The molecule has 0 atom stereocenters. The van der Waals surface area contributed by atoms with E-state index >= 15 is 0 Å². The Labute approximate surface area is 95.4 Å². The largest absolute Gasteiger partial charge is 0.490 e. The van der Waals surface area contributed by atoms with Gasteiger partial charge in [-0.1, -0.05) is 11.6 Å². The minimum absolute atomic E-state index is 0.364. The maximum Gasteiger partial charge on any atom is 0.124 e. The minimum atomic E-state index is 0.364. The van der Waals surface area contributed by atoms with E-state index in [9.17, 15) is 0 Å². The van der Waals surface area contributed by atoms with Crippen LogP contribution in [0.3, 0.4) is 0 Å². The number of ether oxygens (including phenoxy) is 1. The lowest BCUT2D eigenvalue weighted by atomic mass is 10.2. The number of anilines is 1. The summed E-state index contributed by atoms with van der Waals surface area (Å²) in [7, 11) is 0. The van der Waals surface area contributed by atoms with E-state index in [0.717, 1.165) is 24.2 Å². The molecule has 0 radical (unpaired) electrons. The first kappa shape index (κ1) is 10.6. The normalized spacial score (nSPS) is 16.9. The molecular weight excluding hydrogens is 210 g/mol. The summed E-state index contributed by atoms with van der Waals surface area (Å²) in [6, 6.07) is 3.69. The molecule has 1 saturated carbocycles. The fourth-order valence-electron chi connectivity index (χ4n) is 2.00. The predicted octanol–water partition coefficient (Wildman–Crippen LogP) is 3.55. The highest BCUT2D eigenvalue weighted by Crippen LogP contribution is 2.31. The third kappa shape index (κ3) is 2.37. The Bertz CT molecular complexity index is 359. The molecule has 0 unspecified atom stereocenters. The summed E-state index contributed by atoms with van der Waals surface area (Å²) < 4.78 is 5.90. The SMILES string of the molecule is Cc1cc(N)c(Cl)cc1OC1CCCC1. The van der Waals surface area contributed by atoms with Gasteiger partial charge in [-0.3, -0.25) is 0 Å². The summed E-state index contributed by atoms with van der Waals surface area (Å²) in [5.74, 6) is 0.876. The smallest absolute Gasteiger partial charge is 0.124 e. The van der Waals surface area contributed by atoms with Gasteiger partial charge in [-0.15, -0.1) is 0 Å². The van der Waals surface area contributed by atoms with Crippen LogP contribution in [-0.2, 0) is 0 Å². The topological polar surface area (TPSA) is 35.2 Å². The van der Waals surface area contributed by atoms with Crippen molar-refractivity contribution in [2.75, 3.05) is 5.73 Å². The van der Waals surface area contributed by atoms with Gasteiger partial charge in [-0.05, 0) is 44.2 Å². The Kier molecular flexibility index (Phi) is 3.06. The highest BCUT2D eigenvalue weighted by atomic mass is 35.5. The molecule has 0 heterocycles. The second-order valence-corrected chi connectivity index (χ2v) is 4.57. The van der Waals surface area contributed by atoms with Crippen LogP contribution in [0.2, 0.25) is 5.02 Å². The average Bonchev–Trinajstić information content (AvgIpc) is 2.67. The van der Waals surface area contributed by atoms with E-state index in [2.05, 4.69) is 0 Å². The Morgan fingerprint density at radius 3 is 2.67 bits per heavy atom. The van der Waals surface area contributed by atoms with Crippen LogP contribution in [0.5, 0.6) is 5.75 Å². The third-order valence-corrected chi connectivity index (χ3v) is 3.22. The fourth-order valence-corrected chi connectivity index (χ4v) is 2.15. The molecule has 0 aliphatic heterocycles. The van der Waals surface area contributed by atoms with Gasteiger partial charge in [0, 0.05) is 6.07 Å². The zero-order chi connectivity index (χ0) is 10.8. The van der Waals surface area contributed by atoms with E-state index in [1.54, 1.807) is 0 Å². The zero-order valence-electron chi connectivity index (χ0n) is 8.92. The molecule has 2 N–H and O–H groups in total. The quantitative estimate of drug-likeness (QED) is 0.782. The van der Waals surface area contributed by atoms with Crippen LogP contribution in [0, 0.1) is 6.92 Å². The summed E-state index contributed by atoms with van der Waals surface area (Å²) in [6.45, 7) is 2.00. The van der Waals surface area contributed by atoms with Gasteiger partial charge in [0.1, 0.15) is 5.75 Å². The van der Waals surface area contributed by atoms with Gasteiger partial charge in [0.05, 0.1) is 16.8 Å². The molecule has 0 saturated heterocycles. The third-order valence-electron chi connectivity index (χ3n) is 2.89. The molecule has 1 aromatic carbocycles. The van der Waals surface area contributed by atoms with Crippen LogP contribution in [0.1, 0.15) is 31.2 Å². The monoisotopic (exact) mass is 225 g/mol. The Balaban J connectivity index is 2.16. The fraction of sp³-hybridized carbons (Fsp3) is 0.500. The number of halogens is 1. The second kappa shape index (κ2) is 4.31. The lowest BCUT2D eigenvalue weighted by Crippen LogP contribution is -2.11. The maximum absolute atomic E-state index is 5.97. The number of hydrogen-bond acceptors (Lipinski definition) is 2. The van der Waals surface area contributed by atoms with E-state index in [1.807, 2.05) is 19.1 Å². The predicted molar refractivity (Wildman–Crippen MR) is 63.5 cm³/mol. The summed E-state index contributed by atoms with van der Waals surface area (Å²) >= 11 is 5.97. The van der Waals surface area contributed by atoms with Gasteiger partial charge in [0.2, 0.25) is 0 Å². The molecule has 1 aliphatic carbocycles. The van der Waals surface area contributed by atoms with Crippen LogP contribution in [0.15, 0.2) is 12.1 Å². The van der Waals surface area contributed by atoms with Gasteiger partial charge >= 0.3 is 0 Å². The van der Waals surface area contributed by atoms with Gasteiger partial charge in [-0.25, -0.2) is 0 Å². The standard InChI is InChI=1S/C12H16ClNO/c1-8-6-11(14)10(13)7-12(8)15-9-4-2-3-5-9/h6-7,9H,2-5,14H2,1H3. The minimum Gasteiger partial charge on any atom is -0.490 e. The molecule has 1 aliphatic rings. The first-order valence-electron chi connectivity index (χ1n) is 5.39. The molecule has 0 aromatic heterocycles. The van der Waals surface area contributed by atoms with Crippen molar-refractivity contribution < 1.29 is 4.74 Å². The van der Waals surface area contributed by atoms with Crippen molar-refractivity contribution in [1.82, 2.24) is 0 Å². The van der Waals surface area contributed by atoms with Crippen molar-refractivity contribution in [2.24, 2.45) is 0 Å². The van der Waals surface area contributed by atoms with Crippen LogP contribution in [-0.4, -0.2) is 6.10 Å². The summed E-state index contributed by atoms with van der Waals surface area (Å²) in [4.78, 5) is 0. The van der Waals surface area contributed by atoms with Crippen molar-refractivity contribution in [3.05, 3.63) is 22.7 Å². The molecule has 15 heavy (non-hydrogen) atoms. The van der Waals surface area contributed by atoms with Crippen LogP contribution in [0.25, 0.3) is 0 Å². The van der Waals surface area contributed by atoms with E-state index in [1.165, 1.54) is 12.8 Å². The lowest BCUT2D eigenvalue weighted by Gasteiger charge is -2.16. The molecule has 0 bridgehead atoms. The Morgan fingerprint density at radius 2 is 2.00 bits per heavy atom.